The summed E-state index contributed by atoms with van der Waals surface area (Å²) in [6.07, 6.45) is 0. The molecule has 0 fully saturated rings. The van der Waals surface area contributed by atoms with Gasteiger partial charge in [-0.3, -0.25) is 86.3 Å². The molecule has 66 N–H and O–H groups in total. The van der Waals surface area contributed by atoms with Crippen molar-refractivity contribution in [3.8, 4) is 0 Å². The zero-order valence-electron chi connectivity index (χ0n) is 53.7. The smallest absolute Gasteiger partial charge is 0.300 e. The fraction of sp³-hybridized carbons (Fsp3) is 0.500. The number of carboxylic acid groups (broad SMARTS) is 18. The molecule has 52 heteroatoms. The van der Waals surface area contributed by atoms with Gasteiger partial charge in [0.2, 0.25) is 0 Å². The fourth-order valence-electron chi connectivity index (χ4n) is 0. The van der Waals surface area contributed by atoms with Gasteiger partial charge in [0, 0.05) is 125 Å². The Morgan fingerprint density at radius 2 is 0.102 bits per heavy atom. The van der Waals surface area contributed by atoms with Gasteiger partial charge in [-0.15, -0.1) is 0 Å². The van der Waals surface area contributed by atoms with Gasteiger partial charge >= 0.3 is 0 Å². The van der Waals surface area contributed by atoms with E-state index < -0.39 is 107 Å². The van der Waals surface area contributed by atoms with E-state index in [9.17, 15) is 0 Å². The number of hydrogen-bond acceptors (Lipinski definition) is 34. The first kappa shape index (κ1) is 239. The van der Waals surface area contributed by atoms with E-state index in [0.717, 1.165) is 125 Å². The molecule has 0 aliphatic carbocycles. The quantitative estimate of drug-likeness (QED) is 0.161. The van der Waals surface area contributed by atoms with Crippen molar-refractivity contribution in [1.82, 2.24) is 98.4 Å². The Balaban J connectivity index is -0.0000000108. The second kappa shape index (κ2) is 230. The first-order chi connectivity index (χ1) is 31.2. The summed E-state index contributed by atoms with van der Waals surface area (Å²) in [5.41, 5.74) is 0. The van der Waals surface area contributed by atoms with Crippen molar-refractivity contribution in [1.29, 1.82) is 0 Å². The van der Waals surface area contributed by atoms with E-state index in [4.69, 9.17) is 178 Å². The van der Waals surface area contributed by atoms with Crippen LogP contribution in [-0.2, 0) is 86.3 Å². The molecule has 0 aromatic rings. The zero-order valence-corrected chi connectivity index (χ0v) is 53.7. The van der Waals surface area contributed by atoms with E-state index in [1.807, 2.05) is 0 Å². The maximum atomic E-state index is 9.00. The van der Waals surface area contributed by atoms with Crippen LogP contribution in [0.25, 0.3) is 0 Å². The van der Waals surface area contributed by atoms with Gasteiger partial charge in [-0.1, -0.05) is 0 Å². The van der Waals surface area contributed by atoms with E-state index in [1.54, 1.807) is 0 Å². The Morgan fingerprint density at radius 3 is 0.102 bits per heavy atom. The van der Waals surface area contributed by atoms with Gasteiger partial charge in [0.1, 0.15) is 0 Å². The third-order valence-electron chi connectivity index (χ3n) is 0. The third kappa shape index (κ3) is 4100. The Kier molecular flexibility index (Phi) is 625. The molecule has 0 aromatic heterocycles. The van der Waals surface area contributed by atoms with Gasteiger partial charge in [0.15, 0.2) is 0 Å². The van der Waals surface area contributed by atoms with Crippen LogP contribution >= 0.6 is 0 Å². The van der Waals surface area contributed by atoms with E-state index >= 15 is 0 Å². The molecule has 88 heavy (non-hydrogen) atoms. The standard InChI is InChI=1S/18C2H4O2.16H3N/c18*1-2(3)4;;;;;;;;;;;;;;;;/h18*1H3,(H,3,4);16*1H3. The molecule has 0 atom stereocenters. The summed E-state index contributed by atoms with van der Waals surface area (Å²) in [5.74, 6) is -15.0. The average Bonchev–Trinajstić information content (AvgIpc) is 2.91. The summed E-state index contributed by atoms with van der Waals surface area (Å²) in [7, 11) is 0. The summed E-state index contributed by atoms with van der Waals surface area (Å²) in [4.78, 5) is 162. The lowest BCUT2D eigenvalue weighted by Crippen LogP contribution is -1.78. The molecule has 0 amide bonds. The lowest BCUT2D eigenvalue weighted by molar-refractivity contribution is -0.135. The second-order valence-electron chi connectivity index (χ2n) is 9.34. The third-order valence-corrected chi connectivity index (χ3v) is 0. The van der Waals surface area contributed by atoms with Crippen molar-refractivity contribution in [2.24, 2.45) is 0 Å². The molecule has 0 aromatic carbocycles. The van der Waals surface area contributed by atoms with Crippen LogP contribution in [0.1, 0.15) is 125 Å². The SMILES string of the molecule is CC(=O)O.CC(=O)O.CC(=O)O.CC(=O)O.CC(=O)O.CC(=O)O.CC(=O)O.CC(=O)O.CC(=O)O.CC(=O)O.CC(=O)O.CC(=O)O.CC(=O)O.CC(=O)O.CC(=O)O.CC(=O)O.CC(=O)O.CC(=O)O.N.N.N.N.N.N.N.N.N.N.N.N.N.N.N.N. The lowest BCUT2D eigenvalue weighted by Gasteiger charge is -1.59. The highest BCUT2D eigenvalue weighted by molar-refractivity contribution is 5.67. The zero-order chi connectivity index (χ0) is 64.4. The van der Waals surface area contributed by atoms with E-state index in [2.05, 4.69) is 0 Å². The molecule has 0 aliphatic heterocycles. The summed E-state index contributed by atoms with van der Waals surface area (Å²) in [6, 6.07) is 0. The molecular weight excluding hydrogens is 1230 g/mol. The molecule has 0 heterocycles. The highest BCUT2D eigenvalue weighted by Gasteiger charge is 1.71. The normalized spacial score (nSPS) is 5.11. The molecule has 0 aliphatic rings. The Hall–Kier alpha value is -10.2. The first-order valence-electron chi connectivity index (χ1n) is 16.7. The van der Waals surface area contributed by atoms with Crippen LogP contribution in [0.3, 0.4) is 0 Å². The van der Waals surface area contributed by atoms with E-state index in [0.29, 0.717) is 0 Å². The second-order valence-corrected chi connectivity index (χ2v) is 9.34. The summed E-state index contributed by atoms with van der Waals surface area (Å²) in [5, 5.41) is 134. The molecule has 0 rings (SSSR count). The predicted molar refractivity (Wildman–Crippen MR) is 320 cm³/mol. The average molecular weight is 1350 g/mol. The molecule has 52 nitrogen and oxygen atoms in total. The fourth-order valence-corrected chi connectivity index (χ4v) is 0. The Morgan fingerprint density at radius 1 is 0.102 bits per heavy atom. The van der Waals surface area contributed by atoms with Gasteiger partial charge in [0.05, 0.1) is 0 Å². The first-order valence-corrected chi connectivity index (χ1v) is 16.7. The number of carbonyl (C=O) groups is 18. The van der Waals surface area contributed by atoms with Crippen LogP contribution < -0.4 is 98.4 Å². The largest absolute Gasteiger partial charge is 0.481 e. The van der Waals surface area contributed by atoms with Gasteiger partial charge in [-0.2, -0.15) is 0 Å². The van der Waals surface area contributed by atoms with Crippen LogP contribution in [0.2, 0.25) is 0 Å². The van der Waals surface area contributed by atoms with Crippen LogP contribution in [0.15, 0.2) is 0 Å². The van der Waals surface area contributed by atoms with Crippen molar-refractivity contribution in [3.05, 3.63) is 0 Å². The van der Waals surface area contributed by atoms with Crippen molar-refractivity contribution in [3.63, 3.8) is 0 Å². The Labute approximate surface area is 508 Å². The highest BCUT2D eigenvalue weighted by atomic mass is 16.4. The maximum absolute atomic E-state index is 9.00. The number of carboxylic acids is 18. The van der Waals surface area contributed by atoms with Gasteiger partial charge in [0.25, 0.3) is 107 Å². The monoisotopic (exact) mass is 1350 g/mol. The number of rotatable bonds is 0. The molecule has 0 saturated heterocycles. The summed E-state index contributed by atoms with van der Waals surface area (Å²) >= 11 is 0. The Bertz CT molecular complexity index is 997. The van der Waals surface area contributed by atoms with Crippen molar-refractivity contribution in [2.75, 3.05) is 0 Å². The van der Waals surface area contributed by atoms with Crippen molar-refractivity contribution in [2.45, 2.75) is 125 Å². The minimum atomic E-state index is -0.833. The predicted octanol–water partition coefficient (Wildman–Crippen LogP) is 4.23. The van der Waals surface area contributed by atoms with Crippen molar-refractivity contribution < 1.29 is 178 Å². The maximum Gasteiger partial charge on any atom is 0.300 e. The van der Waals surface area contributed by atoms with Gasteiger partial charge in [-0.25, -0.2) is 0 Å². The van der Waals surface area contributed by atoms with Crippen LogP contribution in [0.5, 0.6) is 0 Å². The van der Waals surface area contributed by atoms with E-state index in [-0.39, 0.29) is 98.4 Å². The van der Waals surface area contributed by atoms with Crippen molar-refractivity contribution >= 4 is 107 Å². The molecular formula is C36H120N16O36. The molecule has 0 saturated carbocycles. The summed E-state index contributed by atoms with van der Waals surface area (Å²) < 4.78 is 0. The molecule has 0 radical (unpaired) electrons. The highest BCUT2D eigenvalue weighted by Crippen LogP contribution is 1.48. The van der Waals surface area contributed by atoms with Crippen LogP contribution in [0, 0.1) is 0 Å². The minimum absolute atomic E-state index is 0. The lowest BCUT2D eigenvalue weighted by atomic mass is 10.9. The molecule has 0 unspecified atom stereocenters. The molecule has 0 bridgehead atoms. The number of aliphatic carboxylic acids is 18. The summed E-state index contributed by atoms with van der Waals surface area (Å²) in [6.45, 7) is 19.5. The van der Waals surface area contributed by atoms with Crippen LogP contribution in [-0.4, -0.2) is 199 Å². The van der Waals surface area contributed by atoms with E-state index in [1.165, 1.54) is 0 Å². The van der Waals surface area contributed by atoms with Crippen LogP contribution in [0.4, 0.5) is 0 Å². The topological polar surface area (TPSA) is 1230 Å². The molecule has 560 valence electrons. The molecule has 0 spiro atoms. The van der Waals surface area contributed by atoms with Gasteiger partial charge in [-0.05, 0) is 0 Å². The van der Waals surface area contributed by atoms with Gasteiger partial charge < -0.3 is 190 Å². The number of hydrogen-bond donors (Lipinski definition) is 34. The minimum Gasteiger partial charge on any atom is -0.481 e.